The Balaban J connectivity index is 1.85. The average Bonchev–Trinajstić information content (AvgIpc) is 3.23. The highest BCUT2D eigenvalue weighted by Crippen LogP contribution is 2.44. The van der Waals surface area contributed by atoms with Crippen LogP contribution in [0.4, 0.5) is 5.69 Å². The SMILES string of the molecule is [2H]C(C)(C)c1cc(C)[n+](C)c(-c2c(C)ccc3c2oc2c(-c4ccc(C(C)C)cc4)c([N+]#[C-])ccc23)c1. The van der Waals surface area contributed by atoms with Crippen LogP contribution in [-0.4, -0.2) is 0 Å². The Morgan fingerprint density at radius 2 is 1.47 bits per heavy atom. The lowest BCUT2D eigenvalue weighted by Gasteiger charge is -2.11. The normalized spacial score (nSPS) is 12.4. The van der Waals surface area contributed by atoms with Crippen molar-refractivity contribution in [3.63, 3.8) is 0 Å². The molecular weight excluding hydrogens is 440 g/mol. The molecule has 0 fully saturated rings. The second-order valence-corrected chi connectivity index (χ2v) is 10.3. The van der Waals surface area contributed by atoms with Gasteiger partial charge in [0.25, 0.3) is 0 Å². The Bertz CT molecular complexity index is 1710. The van der Waals surface area contributed by atoms with E-state index in [1.54, 1.807) is 0 Å². The highest BCUT2D eigenvalue weighted by atomic mass is 16.3. The third-order valence-electron chi connectivity index (χ3n) is 7.36. The van der Waals surface area contributed by atoms with Gasteiger partial charge >= 0.3 is 0 Å². The van der Waals surface area contributed by atoms with E-state index in [2.05, 4.69) is 92.7 Å². The predicted octanol–water partition coefficient (Wildman–Crippen LogP) is 9.16. The van der Waals surface area contributed by atoms with Gasteiger partial charge in [-0.15, -0.1) is 0 Å². The Morgan fingerprint density at radius 3 is 2.08 bits per heavy atom. The minimum absolute atomic E-state index is 0.440. The van der Waals surface area contributed by atoms with Gasteiger partial charge in [0.2, 0.25) is 5.69 Å². The van der Waals surface area contributed by atoms with Crippen molar-refractivity contribution in [2.75, 3.05) is 0 Å². The molecule has 0 atom stereocenters. The molecular formula is C33H33N2O+. The summed E-state index contributed by atoms with van der Waals surface area (Å²) < 4.78 is 17.6. The molecule has 3 aromatic carbocycles. The van der Waals surface area contributed by atoms with Crippen molar-refractivity contribution >= 4 is 27.6 Å². The van der Waals surface area contributed by atoms with E-state index < -0.39 is 5.89 Å². The van der Waals surface area contributed by atoms with Gasteiger partial charge in [-0.05, 0) is 41.0 Å². The Labute approximate surface area is 215 Å². The van der Waals surface area contributed by atoms with Gasteiger partial charge in [0.05, 0.1) is 12.1 Å². The summed E-state index contributed by atoms with van der Waals surface area (Å²) >= 11 is 0. The molecule has 3 nitrogen and oxygen atoms in total. The lowest BCUT2D eigenvalue weighted by Crippen LogP contribution is -2.35. The standard InChI is InChI=1S/C33H33N2O/c1-19(2)23-10-12-24(13-11-23)31-28(34-7)16-15-27-26-14-9-21(5)30(32(26)36-33(27)31)29-18-25(20(3)4)17-22(6)35(29)8/h9-20H,1-6,8H3/q+1/i20D. The lowest BCUT2D eigenvalue weighted by molar-refractivity contribution is -0.666. The van der Waals surface area contributed by atoms with Crippen molar-refractivity contribution < 1.29 is 10.4 Å². The van der Waals surface area contributed by atoms with Crippen molar-refractivity contribution in [2.24, 2.45) is 7.05 Å². The van der Waals surface area contributed by atoms with Crippen molar-refractivity contribution in [1.82, 2.24) is 0 Å². The number of furan rings is 1. The number of benzene rings is 3. The Kier molecular flexibility index (Phi) is 5.61. The van der Waals surface area contributed by atoms with Crippen LogP contribution in [0.3, 0.4) is 0 Å². The summed E-state index contributed by atoms with van der Waals surface area (Å²) in [5.74, 6) is -0.279. The number of pyridine rings is 1. The molecule has 0 unspecified atom stereocenters. The molecule has 0 spiro atoms. The Morgan fingerprint density at radius 1 is 0.833 bits per heavy atom. The fourth-order valence-electron chi connectivity index (χ4n) is 5.04. The number of aromatic nitrogens is 1. The molecule has 0 aliphatic rings. The first-order valence-corrected chi connectivity index (χ1v) is 12.5. The van der Waals surface area contributed by atoms with Crippen LogP contribution >= 0.6 is 0 Å². The van der Waals surface area contributed by atoms with Crippen LogP contribution in [0.15, 0.2) is 65.1 Å². The van der Waals surface area contributed by atoms with E-state index in [0.29, 0.717) is 11.6 Å². The van der Waals surface area contributed by atoms with Gasteiger partial charge in [-0.1, -0.05) is 76.2 Å². The van der Waals surface area contributed by atoms with E-state index in [0.717, 1.165) is 61.1 Å². The number of nitrogens with zero attached hydrogens (tertiary/aromatic N) is 2. The monoisotopic (exact) mass is 474 g/mol. The molecule has 0 N–H and O–H groups in total. The van der Waals surface area contributed by atoms with Crippen molar-refractivity contribution in [2.45, 2.75) is 53.4 Å². The molecule has 3 heteroatoms. The van der Waals surface area contributed by atoms with Crippen molar-refractivity contribution in [3.05, 3.63) is 94.5 Å². The van der Waals surface area contributed by atoms with Gasteiger partial charge in [-0.3, -0.25) is 0 Å². The van der Waals surface area contributed by atoms with E-state index in [9.17, 15) is 0 Å². The molecule has 0 aliphatic heterocycles. The lowest BCUT2D eigenvalue weighted by atomic mass is 9.95. The fraction of sp³-hybridized carbons (Fsp3) is 0.273. The van der Waals surface area contributed by atoms with Crippen molar-refractivity contribution in [3.8, 4) is 22.4 Å². The molecule has 0 saturated heterocycles. The van der Waals surface area contributed by atoms with Gasteiger partial charge in [0.1, 0.15) is 18.2 Å². The number of hydrogen-bond donors (Lipinski definition) is 0. The van der Waals surface area contributed by atoms with Gasteiger partial charge in [-0.2, -0.15) is 4.57 Å². The summed E-state index contributed by atoms with van der Waals surface area (Å²) in [5, 5.41) is 2.03. The van der Waals surface area contributed by atoms with E-state index >= 15 is 0 Å². The number of aryl methyl sites for hydroxylation is 2. The Hall–Kier alpha value is -3.90. The van der Waals surface area contributed by atoms with Crippen LogP contribution in [0.2, 0.25) is 0 Å². The van der Waals surface area contributed by atoms with E-state index in [-0.39, 0.29) is 0 Å². The van der Waals surface area contributed by atoms with Crippen LogP contribution in [0, 0.1) is 20.4 Å². The summed E-state index contributed by atoms with van der Waals surface area (Å²) in [4.78, 5) is 3.85. The minimum atomic E-state index is -0.719. The quantitative estimate of drug-likeness (QED) is 0.188. The van der Waals surface area contributed by atoms with E-state index in [1.807, 2.05) is 26.0 Å². The molecule has 0 saturated carbocycles. The van der Waals surface area contributed by atoms with Gasteiger partial charge in [0.15, 0.2) is 11.4 Å². The third kappa shape index (κ3) is 3.78. The smallest absolute Gasteiger partial charge is 0.216 e. The first-order valence-electron chi connectivity index (χ1n) is 13.0. The van der Waals surface area contributed by atoms with Crippen LogP contribution in [-0.2, 0) is 7.05 Å². The van der Waals surface area contributed by atoms with Crippen LogP contribution in [0.5, 0.6) is 0 Å². The van der Waals surface area contributed by atoms with Crippen LogP contribution in [0.1, 0.15) is 63.3 Å². The number of fused-ring (bicyclic) bond motifs is 3. The average molecular weight is 475 g/mol. The van der Waals surface area contributed by atoms with E-state index in [1.165, 1.54) is 5.56 Å². The summed E-state index contributed by atoms with van der Waals surface area (Å²) in [7, 11) is 2.06. The summed E-state index contributed by atoms with van der Waals surface area (Å²) in [5.41, 5.74) is 10.4. The molecule has 180 valence electrons. The molecule has 2 aromatic heterocycles. The molecule has 5 rings (SSSR count). The second kappa shape index (κ2) is 8.95. The molecule has 0 amide bonds. The maximum absolute atomic E-state index is 8.65. The topological polar surface area (TPSA) is 21.4 Å². The largest absolute Gasteiger partial charge is 0.456 e. The summed E-state index contributed by atoms with van der Waals surface area (Å²) in [6, 6.07) is 20.9. The highest BCUT2D eigenvalue weighted by molar-refractivity contribution is 6.15. The first kappa shape index (κ1) is 22.6. The van der Waals surface area contributed by atoms with Crippen LogP contribution < -0.4 is 4.57 Å². The second-order valence-electron chi connectivity index (χ2n) is 10.3. The van der Waals surface area contributed by atoms with Gasteiger partial charge < -0.3 is 4.42 Å². The van der Waals surface area contributed by atoms with E-state index in [4.69, 9.17) is 12.4 Å². The molecule has 0 radical (unpaired) electrons. The first-order chi connectivity index (χ1) is 17.5. The molecule has 36 heavy (non-hydrogen) atoms. The minimum Gasteiger partial charge on any atom is -0.456 e. The van der Waals surface area contributed by atoms with Crippen LogP contribution in [0.25, 0.3) is 49.2 Å². The fourth-order valence-corrected chi connectivity index (χ4v) is 5.04. The highest BCUT2D eigenvalue weighted by Gasteiger charge is 2.25. The third-order valence-corrected chi connectivity index (χ3v) is 7.36. The van der Waals surface area contributed by atoms with Gasteiger partial charge in [-0.25, -0.2) is 4.85 Å². The van der Waals surface area contributed by atoms with Gasteiger partial charge in [0, 0.05) is 36.8 Å². The molecule has 5 aromatic rings. The number of hydrogen-bond acceptors (Lipinski definition) is 1. The molecule has 2 heterocycles. The number of rotatable bonds is 4. The maximum Gasteiger partial charge on any atom is 0.216 e. The summed E-state index contributed by atoms with van der Waals surface area (Å²) in [6.07, 6.45) is 0. The predicted molar refractivity (Wildman–Crippen MR) is 150 cm³/mol. The zero-order chi connectivity index (χ0) is 26.6. The zero-order valence-electron chi connectivity index (χ0n) is 23.2. The zero-order valence-corrected chi connectivity index (χ0v) is 22.2. The molecule has 0 aliphatic carbocycles. The summed E-state index contributed by atoms with van der Waals surface area (Å²) in [6.45, 7) is 20.2. The molecule has 0 bridgehead atoms. The van der Waals surface area contributed by atoms with Crippen molar-refractivity contribution in [1.29, 1.82) is 0 Å². The maximum atomic E-state index is 8.65.